The van der Waals surface area contributed by atoms with Crippen molar-refractivity contribution in [1.82, 2.24) is 5.32 Å². The lowest BCUT2D eigenvalue weighted by molar-refractivity contribution is -0.137. The van der Waals surface area contributed by atoms with Crippen molar-refractivity contribution in [3.05, 3.63) is 35.4 Å². The fourth-order valence-electron chi connectivity index (χ4n) is 2.78. The summed E-state index contributed by atoms with van der Waals surface area (Å²) in [5.74, 6) is 0. The smallest absolute Gasteiger partial charge is 0.310 e. The van der Waals surface area contributed by atoms with Crippen molar-refractivity contribution >= 4 is 0 Å². The van der Waals surface area contributed by atoms with Crippen LogP contribution in [0.2, 0.25) is 0 Å². The number of nitrogens with one attached hydrogen (secondary N) is 1. The molecule has 0 spiro atoms. The lowest BCUT2D eigenvalue weighted by atomic mass is 9.67. The number of hydrogen-bond donors (Lipinski definition) is 1. The van der Waals surface area contributed by atoms with Gasteiger partial charge in [0, 0.05) is 12.6 Å². The van der Waals surface area contributed by atoms with Gasteiger partial charge < -0.3 is 5.32 Å². The average Bonchev–Trinajstić information content (AvgIpc) is 2.37. The van der Waals surface area contributed by atoms with Crippen molar-refractivity contribution in [3.8, 4) is 0 Å². The number of alkyl halides is 3. The zero-order valence-corrected chi connectivity index (χ0v) is 12.1. The Labute approximate surface area is 118 Å². The van der Waals surface area contributed by atoms with Crippen LogP contribution in [0.1, 0.15) is 56.7 Å². The number of rotatable bonds is 5. The lowest BCUT2D eigenvalue weighted by Crippen LogP contribution is -2.40. The van der Waals surface area contributed by atoms with Gasteiger partial charge in [0.25, 0.3) is 0 Å². The second-order valence-electron chi connectivity index (χ2n) is 5.93. The molecule has 1 aliphatic carbocycles. The number of benzene rings is 1. The van der Waals surface area contributed by atoms with E-state index in [9.17, 15) is 13.2 Å². The van der Waals surface area contributed by atoms with Crippen molar-refractivity contribution in [1.29, 1.82) is 0 Å². The molecule has 1 nitrogen and oxygen atoms in total. The predicted molar refractivity (Wildman–Crippen MR) is 74.4 cm³/mol. The summed E-state index contributed by atoms with van der Waals surface area (Å²) in [7, 11) is 0. The Balaban J connectivity index is 1.94. The molecular formula is C16H22F3N. The van der Waals surface area contributed by atoms with Crippen molar-refractivity contribution in [2.75, 3.05) is 6.54 Å². The van der Waals surface area contributed by atoms with Crippen LogP contribution in [-0.2, 0) is 6.18 Å². The first-order valence-electron chi connectivity index (χ1n) is 7.27. The Hall–Kier alpha value is -1.03. The summed E-state index contributed by atoms with van der Waals surface area (Å²) in [6, 6.07) is 5.54. The summed E-state index contributed by atoms with van der Waals surface area (Å²) in [4.78, 5) is 0. The zero-order valence-electron chi connectivity index (χ0n) is 12.1. The second kappa shape index (κ2) is 5.76. The van der Waals surface area contributed by atoms with E-state index in [4.69, 9.17) is 0 Å². The Morgan fingerprint density at radius 3 is 2.20 bits per heavy atom. The van der Waals surface area contributed by atoms with Gasteiger partial charge in [0.15, 0.2) is 0 Å². The fraction of sp³-hybridized carbons (Fsp3) is 0.625. The first kappa shape index (κ1) is 15.4. The molecule has 0 aliphatic heterocycles. The predicted octanol–water partition coefficient (Wildman–Crippen LogP) is 4.94. The van der Waals surface area contributed by atoms with E-state index >= 15 is 0 Å². The first-order valence-corrected chi connectivity index (χ1v) is 7.27. The van der Waals surface area contributed by atoms with Crippen LogP contribution in [0.4, 0.5) is 13.2 Å². The quantitative estimate of drug-likeness (QED) is 0.808. The minimum atomic E-state index is -4.26. The molecule has 2 rings (SSSR count). The van der Waals surface area contributed by atoms with Crippen LogP contribution in [0.3, 0.4) is 0 Å². The first-order chi connectivity index (χ1) is 9.36. The number of hydrogen-bond acceptors (Lipinski definition) is 1. The molecule has 1 aliphatic rings. The molecule has 0 saturated heterocycles. The van der Waals surface area contributed by atoms with Crippen LogP contribution in [0.15, 0.2) is 24.3 Å². The highest BCUT2D eigenvalue weighted by Crippen LogP contribution is 2.43. The molecule has 0 bridgehead atoms. The summed E-state index contributed by atoms with van der Waals surface area (Å²) in [5.41, 5.74) is 0.737. The van der Waals surface area contributed by atoms with Gasteiger partial charge in [0.1, 0.15) is 0 Å². The van der Waals surface area contributed by atoms with E-state index in [1.807, 2.05) is 6.92 Å². The monoisotopic (exact) mass is 285 g/mol. The van der Waals surface area contributed by atoms with Crippen LogP contribution >= 0.6 is 0 Å². The molecule has 20 heavy (non-hydrogen) atoms. The minimum Gasteiger partial charge on any atom is -0.310 e. The molecule has 1 unspecified atom stereocenters. The molecule has 112 valence electrons. The van der Waals surface area contributed by atoms with E-state index in [0.717, 1.165) is 24.2 Å². The van der Waals surface area contributed by atoms with Crippen LogP contribution in [0.25, 0.3) is 0 Å². The highest BCUT2D eigenvalue weighted by Gasteiger charge is 2.35. The van der Waals surface area contributed by atoms with Gasteiger partial charge >= 0.3 is 6.18 Å². The molecule has 0 aromatic heterocycles. The van der Waals surface area contributed by atoms with Crippen LogP contribution in [0.5, 0.6) is 0 Å². The van der Waals surface area contributed by atoms with Gasteiger partial charge in [-0.3, -0.25) is 0 Å². The second-order valence-corrected chi connectivity index (χ2v) is 5.93. The van der Waals surface area contributed by atoms with Crippen LogP contribution in [0, 0.1) is 5.41 Å². The molecule has 0 amide bonds. The van der Waals surface area contributed by atoms with Gasteiger partial charge in [-0.1, -0.05) is 25.5 Å². The summed E-state index contributed by atoms with van der Waals surface area (Å²) >= 11 is 0. The third-order valence-electron chi connectivity index (χ3n) is 4.69. The summed E-state index contributed by atoms with van der Waals surface area (Å²) in [5, 5.41) is 3.47. The maximum absolute atomic E-state index is 12.5. The lowest BCUT2D eigenvalue weighted by Gasteiger charge is -2.42. The van der Waals surface area contributed by atoms with Crippen molar-refractivity contribution in [2.24, 2.45) is 5.41 Å². The van der Waals surface area contributed by atoms with E-state index in [1.54, 1.807) is 12.1 Å². The largest absolute Gasteiger partial charge is 0.416 e. The molecule has 1 saturated carbocycles. The summed E-state index contributed by atoms with van der Waals surface area (Å²) in [6.45, 7) is 5.17. The highest BCUT2D eigenvalue weighted by molar-refractivity contribution is 5.26. The molecule has 0 radical (unpaired) electrons. The summed E-state index contributed by atoms with van der Waals surface area (Å²) in [6.07, 6.45) is 0.726. The van der Waals surface area contributed by atoms with Crippen molar-refractivity contribution < 1.29 is 13.2 Å². The molecule has 1 fully saturated rings. The normalized spacial score (nSPS) is 19.4. The van der Waals surface area contributed by atoms with E-state index in [2.05, 4.69) is 12.2 Å². The highest BCUT2D eigenvalue weighted by atomic mass is 19.4. The maximum atomic E-state index is 12.5. The Kier molecular flexibility index (Phi) is 4.43. The van der Waals surface area contributed by atoms with Gasteiger partial charge in [-0.15, -0.1) is 0 Å². The van der Waals surface area contributed by atoms with E-state index in [1.165, 1.54) is 25.7 Å². The van der Waals surface area contributed by atoms with Gasteiger partial charge in [-0.25, -0.2) is 0 Å². The number of halogens is 3. The van der Waals surface area contributed by atoms with Gasteiger partial charge in [-0.05, 0) is 49.3 Å². The van der Waals surface area contributed by atoms with E-state index in [0.29, 0.717) is 5.41 Å². The Morgan fingerprint density at radius 1 is 1.20 bits per heavy atom. The van der Waals surface area contributed by atoms with Gasteiger partial charge in [-0.2, -0.15) is 13.2 Å². The maximum Gasteiger partial charge on any atom is 0.416 e. The molecule has 1 aromatic rings. The van der Waals surface area contributed by atoms with Gasteiger partial charge in [0.05, 0.1) is 5.56 Å². The molecule has 1 N–H and O–H groups in total. The molecule has 1 aromatic carbocycles. The van der Waals surface area contributed by atoms with Crippen molar-refractivity contribution in [2.45, 2.75) is 51.7 Å². The third kappa shape index (κ3) is 3.35. The van der Waals surface area contributed by atoms with Crippen molar-refractivity contribution in [3.63, 3.8) is 0 Å². The molecular weight excluding hydrogens is 263 g/mol. The van der Waals surface area contributed by atoms with Crippen LogP contribution in [-0.4, -0.2) is 6.54 Å². The molecule has 4 heteroatoms. The Bertz CT molecular complexity index is 427. The van der Waals surface area contributed by atoms with Crippen LogP contribution < -0.4 is 5.32 Å². The van der Waals surface area contributed by atoms with E-state index in [-0.39, 0.29) is 6.04 Å². The standard InChI is InChI=1S/C16H22F3N/c1-3-15(9-4-10-15)11-20-12(2)13-5-7-14(8-6-13)16(17,18)19/h5-8,12,20H,3-4,9-11H2,1-2H3. The molecule has 0 heterocycles. The molecule has 1 atom stereocenters. The topological polar surface area (TPSA) is 12.0 Å². The fourth-order valence-corrected chi connectivity index (χ4v) is 2.78. The Morgan fingerprint density at radius 2 is 1.80 bits per heavy atom. The van der Waals surface area contributed by atoms with Gasteiger partial charge in [0.2, 0.25) is 0 Å². The van der Waals surface area contributed by atoms with E-state index < -0.39 is 11.7 Å². The SMILES string of the molecule is CCC1(CNC(C)c2ccc(C(F)(F)F)cc2)CCC1. The zero-order chi connectivity index (χ0) is 14.8. The average molecular weight is 285 g/mol. The summed E-state index contributed by atoms with van der Waals surface area (Å²) < 4.78 is 37.5. The third-order valence-corrected chi connectivity index (χ3v) is 4.69. The minimum absolute atomic E-state index is 0.0845.